The number of ether oxygens (including phenoxy) is 1. The second-order valence-electron chi connectivity index (χ2n) is 2.84. The molecule has 0 bridgehead atoms. The molecule has 2 nitrogen and oxygen atoms in total. The highest BCUT2D eigenvalue weighted by molar-refractivity contribution is 5.09. The molecule has 58 valence electrons. The average molecular weight is 141 g/mol. The minimum atomic E-state index is 0.802. The van der Waals surface area contributed by atoms with Crippen molar-refractivity contribution in [2.75, 3.05) is 26.8 Å². The third-order valence-electron chi connectivity index (χ3n) is 2.08. The molecule has 0 atom stereocenters. The van der Waals surface area contributed by atoms with Gasteiger partial charge in [0, 0.05) is 19.3 Å². The molecule has 0 unspecified atom stereocenters. The van der Waals surface area contributed by atoms with E-state index >= 15 is 0 Å². The van der Waals surface area contributed by atoms with Crippen molar-refractivity contribution in [2.24, 2.45) is 0 Å². The quantitative estimate of drug-likeness (QED) is 0.503. The van der Waals surface area contributed by atoms with E-state index in [2.05, 4.69) is 25.8 Å². The molecule has 0 spiro atoms. The van der Waals surface area contributed by atoms with Crippen molar-refractivity contribution in [3.05, 3.63) is 11.3 Å². The number of hydrogen-bond acceptors (Lipinski definition) is 2. The zero-order valence-electron chi connectivity index (χ0n) is 6.98. The number of hydrogen-bond donors (Lipinski definition) is 0. The topological polar surface area (TPSA) is 12.5 Å². The van der Waals surface area contributed by atoms with Gasteiger partial charge >= 0.3 is 0 Å². The highest BCUT2D eigenvalue weighted by atomic mass is 16.5. The van der Waals surface area contributed by atoms with E-state index in [1.807, 2.05) is 0 Å². The minimum Gasteiger partial charge on any atom is -0.376 e. The van der Waals surface area contributed by atoms with Crippen LogP contribution in [0.5, 0.6) is 0 Å². The molecule has 0 N–H and O–H groups in total. The number of rotatable bonds is 0. The van der Waals surface area contributed by atoms with Gasteiger partial charge in [0.25, 0.3) is 0 Å². The van der Waals surface area contributed by atoms with Gasteiger partial charge in [0.1, 0.15) is 0 Å². The Labute approximate surface area is 62.5 Å². The van der Waals surface area contributed by atoms with Crippen molar-refractivity contribution >= 4 is 0 Å². The summed E-state index contributed by atoms with van der Waals surface area (Å²) >= 11 is 0. The SMILES string of the molecule is CC1=C(C)N(C)CCOC1. The fourth-order valence-corrected chi connectivity index (χ4v) is 1.02. The van der Waals surface area contributed by atoms with Crippen molar-refractivity contribution in [3.8, 4) is 0 Å². The van der Waals surface area contributed by atoms with Crippen molar-refractivity contribution in [1.82, 2.24) is 4.90 Å². The Bertz CT molecular complexity index is 151. The summed E-state index contributed by atoms with van der Waals surface area (Å²) in [4.78, 5) is 2.24. The molecule has 0 saturated heterocycles. The normalized spacial score (nSPS) is 21.3. The number of nitrogens with zero attached hydrogens (tertiary/aromatic N) is 1. The second-order valence-corrected chi connectivity index (χ2v) is 2.84. The van der Waals surface area contributed by atoms with Crippen LogP contribution >= 0.6 is 0 Å². The Balaban J connectivity index is 2.69. The van der Waals surface area contributed by atoms with Crippen molar-refractivity contribution < 1.29 is 4.74 Å². The predicted octanol–water partition coefficient (Wildman–Crippen LogP) is 1.24. The van der Waals surface area contributed by atoms with Crippen molar-refractivity contribution in [3.63, 3.8) is 0 Å². The first kappa shape index (κ1) is 7.61. The maximum atomic E-state index is 5.35. The maximum Gasteiger partial charge on any atom is 0.0694 e. The lowest BCUT2D eigenvalue weighted by Gasteiger charge is -2.17. The molecule has 0 aliphatic carbocycles. The molecule has 0 aromatic rings. The zero-order chi connectivity index (χ0) is 7.56. The standard InChI is InChI=1S/C8H15NO/c1-7-6-10-5-4-9(3)8(7)2/h4-6H2,1-3H3. The summed E-state index contributed by atoms with van der Waals surface area (Å²) in [6.07, 6.45) is 0. The minimum absolute atomic E-state index is 0.802. The van der Waals surface area contributed by atoms with E-state index in [9.17, 15) is 0 Å². The summed E-state index contributed by atoms with van der Waals surface area (Å²) in [7, 11) is 2.10. The molecular formula is C8H15NO. The first-order valence-electron chi connectivity index (χ1n) is 3.67. The molecule has 10 heavy (non-hydrogen) atoms. The van der Waals surface area contributed by atoms with E-state index in [0.717, 1.165) is 19.8 Å². The van der Waals surface area contributed by atoms with Crippen LogP contribution in [0.15, 0.2) is 11.3 Å². The van der Waals surface area contributed by atoms with Gasteiger partial charge in [-0.3, -0.25) is 0 Å². The molecule has 1 aliphatic heterocycles. The Morgan fingerprint density at radius 3 is 2.80 bits per heavy atom. The van der Waals surface area contributed by atoms with Crippen LogP contribution in [0, 0.1) is 0 Å². The van der Waals surface area contributed by atoms with Crippen molar-refractivity contribution in [1.29, 1.82) is 0 Å². The Kier molecular flexibility index (Phi) is 2.33. The Morgan fingerprint density at radius 2 is 2.10 bits per heavy atom. The highest BCUT2D eigenvalue weighted by Crippen LogP contribution is 2.10. The zero-order valence-corrected chi connectivity index (χ0v) is 6.98. The molecule has 0 saturated carbocycles. The largest absolute Gasteiger partial charge is 0.376 e. The van der Waals surface area contributed by atoms with Gasteiger partial charge in [-0.2, -0.15) is 0 Å². The van der Waals surface area contributed by atoms with Gasteiger partial charge in [-0.25, -0.2) is 0 Å². The smallest absolute Gasteiger partial charge is 0.0694 e. The van der Waals surface area contributed by atoms with Crippen LogP contribution in [0.1, 0.15) is 13.8 Å². The summed E-state index contributed by atoms with van der Waals surface area (Å²) < 4.78 is 5.35. The number of allylic oxidation sites excluding steroid dienone is 1. The fraction of sp³-hybridized carbons (Fsp3) is 0.750. The van der Waals surface area contributed by atoms with Crippen LogP contribution in [0.2, 0.25) is 0 Å². The average Bonchev–Trinajstić information content (AvgIpc) is 2.04. The van der Waals surface area contributed by atoms with Gasteiger partial charge in [0.05, 0.1) is 13.2 Å². The molecule has 0 aromatic carbocycles. The molecule has 0 aromatic heterocycles. The lowest BCUT2D eigenvalue weighted by Crippen LogP contribution is -2.19. The lowest BCUT2D eigenvalue weighted by atomic mass is 10.2. The van der Waals surface area contributed by atoms with Crippen molar-refractivity contribution in [2.45, 2.75) is 13.8 Å². The van der Waals surface area contributed by atoms with Gasteiger partial charge in [-0.05, 0) is 19.4 Å². The van der Waals surface area contributed by atoms with E-state index in [0.29, 0.717) is 0 Å². The van der Waals surface area contributed by atoms with Crippen LogP contribution in [-0.4, -0.2) is 31.7 Å². The summed E-state index contributed by atoms with van der Waals surface area (Å²) in [5, 5.41) is 0. The van der Waals surface area contributed by atoms with Gasteiger partial charge < -0.3 is 9.64 Å². The molecule has 1 heterocycles. The molecular weight excluding hydrogens is 126 g/mol. The monoisotopic (exact) mass is 141 g/mol. The Morgan fingerprint density at radius 1 is 1.40 bits per heavy atom. The molecule has 2 heteroatoms. The molecule has 0 radical (unpaired) electrons. The second kappa shape index (κ2) is 3.06. The predicted molar refractivity (Wildman–Crippen MR) is 41.8 cm³/mol. The summed E-state index contributed by atoms with van der Waals surface area (Å²) in [6.45, 7) is 6.94. The highest BCUT2D eigenvalue weighted by Gasteiger charge is 2.07. The summed E-state index contributed by atoms with van der Waals surface area (Å²) in [5.41, 5.74) is 2.71. The molecule has 0 amide bonds. The summed E-state index contributed by atoms with van der Waals surface area (Å²) in [6, 6.07) is 0. The molecule has 0 fully saturated rings. The Hall–Kier alpha value is -0.500. The lowest BCUT2D eigenvalue weighted by molar-refractivity contribution is 0.151. The van der Waals surface area contributed by atoms with E-state index in [4.69, 9.17) is 4.74 Å². The van der Waals surface area contributed by atoms with Crippen LogP contribution in [-0.2, 0) is 4.74 Å². The molecule has 1 aliphatic rings. The van der Waals surface area contributed by atoms with Gasteiger partial charge in [-0.1, -0.05) is 0 Å². The van der Waals surface area contributed by atoms with Gasteiger partial charge in [0.15, 0.2) is 0 Å². The van der Waals surface area contributed by atoms with E-state index in [1.54, 1.807) is 0 Å². The van der Waals surface area contributed by atoms with Crippen LogP contribution < -0.4 is 0 Å². The van der Waals surface area contributed by atoms with Crippen LogP contribution in [0.4, 0.5) is 0 Å². The van der Waals surface area contributed by atoms with E-state index < -0.39 is 0 Å². The van der Waals surface area contributed by atoms with E-state index in [1.165, 1.54) is 11.3 Å². The van der Waals surface area contributed by atoms with Crippen LogP contribution in [0.25, 0.3) is 0 Å². The van der Waals surface area contributed by atoms with E-state index in [-0.39, 0.29) is 0 Å². The first-order chi connectivity index (χ1) is 4.72. The molecule has 1 rings (SSSR count). The summed E-state index contributed by atoms with van der Waals surface area (Å²) in [5.74, 6) is 0. The maximum absolute atomic E-state index is 5.35. The van der Waals surface area contributed by atoms with Crippen LogP contribution in [0.3, 0.4) is 0 Å². The fourth-order valence-electron chi connectivity index (χ4n) is 1.02. The first-order valence-corrected chi connectivity index (χ1v) is 3.67. The number of likely N-dealkylation sites (N-methyl/N-ethyl adjacent to an activating group) is 1. The van der Waals surface area contributed by atoms with Gasteiger partial charge in [0.2, 0.25) is 0 Å². The third kappa shape index (κ3) is 1.51. The van der Waals surface area contributed by atoms with Gasteiger partial charge in [-0.15, -0.1) is 0 Å². The third-order valence-corrected chi connectivity index (χ3v) is 2.08.